The van der Waals surface area contributed by atoms with Gasteiger partial charge in [0.1, 0.15) is 11.5 Å². The molecular weight excluding hydrogens is 325 g/mol. The molecule has 2 aromatic rings. The smallest absolute Gasteiger partial charge is 0.309 e. The third-order valence-electron chi connectivity index (χ3n) is 4.27. The van der Waals surface area contributed by atoms with Gasteiger partial charge in [-0.05, 0) is 44.0 Å². The van der Waals surface area contributed by atoms with E-state index in [0.717, 1.165) is 0 Å². The van der Waals surface area contributed by atoms with Crippen LogP contribution < -0.4 is 4.90 Å². The first-order valence-electron chi connectivity index (χ1n) is 8.32. The van der Waals surface area contributed by atoms with Crippen LogP contribution in [0.1, 0.15) is 19.8 Å². The summed E-state index contributed by atoms with van der Waals surface area (Å²) >= 11 is 0. The fourth-order valence-electron chi connectivity index (χ4n) is 2.91. The second-order valence-electron chi connectivity index (χ2n) is 5.92. The molecule has 0 spiro atoms. The van der Waals surface area contributed by atoms with E-state index in [-0.39, 0.29) is 23.5 Å². The Morgan fingerprint density at radius 2 is 2.00 bits per heavy atom. The lowest BCUT2D eigenvalue weighted by Crippen LogP contribution is -2.37. The molecule has 0 saturated carbocycles. The fraction of sp³-hybridized carbons (Fsp3) is 0.389. The molecule has 0 bridgehead atoms. The molecule has 25 heavy (non-hydrogen) atoms. The first-order valence-corrected chi connectivity index (χ1v) is 8.32. The number of ether oxygens (including phenoxy) is 1. The summed E-state index contributed by atoms with van der Waals surface area (Å²) in [6.45, 7) is 3.46. The fourth-order valence-corrected chi connectivity index (χ4v) is 2.91. The van der Waals surface area contributed by atoms with Crippen molar-refractivity contribution in [3.63, 3.8) is 0 Å². The van der Waals surface area contributed by atoms with Crippen LogP contribution in [0.5, 0.6) is 5.75 Å². The first-order chi connectivity index (χ1) is 12.1. The number of carbonyl (C=O) groups excluding carboxylic acids is 1. The maximum Gasteiger partial charge on any atom is 0.309 e. The van der Waals surface area contributed by atoms with Crippen LogP contribution >= 0.6 is 0 Å². The quantitative estimate of drug-likeness (QED) is 0.859. The van der Waals surface area contributed by atoms with Crippen LogP contribution in [0.4, 0.5) is 10.3 Å². The Morgan fingerprint density at radius 3 is 2.64 bits per heavy atom. The summed E-state index contributed by atoms with van der Waals surface area (Å²) in [5.41, 5.74) is 0.974. The van der Waals surface area contributed by atoms with Crippen molar-refractivity contribution >= 4 is 11.9 Å². The highest BCUT2D eigenvalue weighted by molar-refractivity contribution is 5.73. The van der Waals surface area contributed by atoms with Gasteiger partial charge in [-0.15, -0.1) is 0 Å². The topological polar surface area (TPSA) is 75.5 Å². The second kappa shape index (κ2) is 7.46. The predicted octanol–water partition coefficient (Wildman–Crippen LogP) is 2.77. The zero-order valence-electron chi connectivity index (χ0n) is 14.0. The summed E-state index contributed by atoms with van der Waals surface area (Å²) in [4.78, 5) is 22.4. The summed E-state index contributed by atoms with van der Waals surface area (Å²) in [6, 6.07) is 5.77. The van der Waals surface area contributed by atoms with E-state index in [1.807, 2.05) is 4.90 Å². The van der Waals surface area contributed by atoms with Gasteiger partial charge in [-0.3, -0.25) is 4.79 Å². The van der Waals surface area contributed by atoms with Crippen LogP contribution in [-0.2, 0) is 9.53 Å². The van der Waals surface area contributed by atoms with Crippen LogP contribution in [-0.4, -0.2) is 40.7 Å². The number of aromatic hydroxyl groups is 1. The average molecular weight is 345 g/mol. The maximum absolute atomic E-state index is 13.1. The van der Waals surface area contributed by atoms with Gasteiger partial charge in [0, 0.05) is 18.7 Å². The summed E-state index contributed by atoms with van der Waals surface area (Å²) in [5.74, 6) is -0.166. The van der Waals surface area contributed by atoms with Crippen LogP contribution in [0, 0.1) is 11.7 Å². The van der Waals surface area contributed by atoms with Crippen LogP contribution in [0.25, 0.3) is 11.3 Å². The molecule has 6 nitrogen and oxygen atoms in total. The van der Waals surface area contributed by atoms with Gasteiger partial charge in [-0.25, -0.2) is 14.4 Å². The van der Waals surface area contributed by atoms with Crippen LogP contribution in [0.15, 0.2) is 30.5 Å². The van der Waals surface area contributed by atoms with E-state index in [1.165, 1.54) is 18.3 Å². The number of esters is 1. The Hall–Kier alpha value is -2.70. The number of rotatable bonds is 4. The summed E-state index contributed by atoms with van der Waals surface area (Å²) in [5, 5.41) is 10.0. The molecule has 0 amide bonds. The van der Waals surface area contributed by atoms with Crippen molar-refractivity contribution in [3.05, 3.63) is 36.3 Å². The lowest BCUT2D eigenvalue weighted by molar-refractivity contribution is -0.148. The van der Waals surface area contributed by atoms with Crippen molar-refractivity contribution in [3.8, 4) is 17.0 Å². The maximum atomic E-state index is 13.1. The number of carbonyl (C=O) groups is 1. The molecule has 0 radical (unpaired) electrons. The molecule has 3 rings (SSSR count). The normalized spacial score (nSPS) is 15.2. The predicted molar refractivity (Wildman–Crippen MR) is 90.7 cm³/mol. The SMILES string of the molecule is CCOC(=O)C1CCN(c2ncc(O)c(-c3ccc(F)cc3)n2)CC1. The molecule has 1 aromatic heterocycles. The van der Waals surface area contributed by atoms with Gasteiger partial charge in [0.2, 0.25) is 5.95 Å². The Bertz CT molecular complexity index is 744. The number of anilines is 1. The van der Waals surface area contributed by atoms with Gasteiger partial charge in [-0.2, -0.15) is 0 Å². The standard InChI is InChI=1S/C18H20FN3O3/c1-2-25-17(24)13-7-9-22(10-8-13)18-20-11-15(23)16(21-18)12-3-5-14(19)6-4-12/h3-6,11,13,23H,2,7-10H2,1H3. The molecule has 132 valence electrons. The van der Waals surface area contributed by atoms with Crippen molar-refractivity contribution in [1.29, 1.82) is 0 Å². The number of aromatic nitrogens is 2. The molecule has 0 atom stereocenters. The van der Waals surface area contributed by atoms with Crippen molar-refractivity contribution in [2.45, 2.75) is 19.8 Å². The minimum Gasteiger partial charge on any atom is -0.504 e. The second-order valence-corrected chi connectivity index (χ2v) is 5.92. The number of hydrogen-bond donors (Lipinski definition) is 1. The minimum absolute atomic E-state index is 0.0585. The third kappa shape index (κ3) is 3.87. The molecular formula is C18H20FN3O3. The highest BCUT2D eigenvalue weighted by Gasteiger charge is 2.27. The monoisotopic (exact) mass is 345 g/mol. The average Bonchev–Trinajstić information content (AvgIpc) is 2.63. The van der Waals surface area contributed by atoms with E-state index in [4.69, 9.17) is 4.74 Å². The Labute approximate surface area is 145 Å². The number of nitrogens with zero attached hydrogens (tertiary/aromatic N) is 3. The van der Waals surface area contributed by atoms with E-state index in [2.05, 4.69) is 9.97 Å². The molecule has 1 aliphatic rings. The highest BCUT2D eigenvalue weighted by Crippen LogP contribution is 2.29. The molecule has 1 aromatic carbocycles. The molecule has 2 heterocycles. The van der Waals surface area contributed by atoms with E-state index in [9.17, 15) is 14.3 Å². The number of piperidine rings is 1. The van der Waals surface area contributed by atoms with Gasteiger partial charge in [0.25, 0.3) is 0 Å². The van der Waals surface area contributed by atoms with Gasteiger partial charge in [0.05, 0.1) is 18.7 Å². The Kier molecular flexibility index (Phi) is 5.11. The van der Waals surface area contributed by atoms with E-state index in [0.29, 0.717) is 49.7 Å². The lowest BCUT2D eigenvalue weighted by atomic mass is 9.97. The molecule has 0 unspecified atom stereocenters. The van der Waals surface area contributed by atoms with Gasteiger partial charge in [0.15, 0.2) is 5.75 Å². The Morgan fingerprint density at radius 1 is 1.32 bits per heavy atom. The van der Waals surface area contributed by atoms with Gasteiger partial charge >= 0.3 is 5.97 Å². The lowest BCUT2D eigenvalue weighted by Gasteiger charge is -2.31. The van der Waals surface area contributed by atoms with E-state index >= 15 is 0 Å². The number of hydrogen-bond acceptors (Lipinski definition) is 6. The van der Waals surface area contributed by atoms with Crippen molar-refractivity contribution in [2.24, 2.45) is 5.92 Å². The van der Waals surface area contributed by atoms with E-state index < -0.39 is 0 Å². The van der Waals surface area contributed by atoms with Crippen molar-refractivity contribution in [1.82, 2.24) is 9.97 Å². The molecule has 1 saturated heterocycles. The van der Waals surface area contributed by atoms with Crippen LogP contribution in [0.2, 0.25) is 0 Å². The summed E-state index contributed by atoms with van der Waals surface area (Å²) < 4.78 is 18.2. The zero-order valence-corrected chi connectivity index (χ0v) is 14.0. The number of halogens is 1. The van der Waals surface area contributed by atoms with Crippen LogP contribution in [0.3, 0.4) is 0 Å². The number of benzene rings is 1. The molecule has 1 N–H and O–H groups in total. The largest absolute Gasteiger partial charge is 0.504 e. The van der Waals surface area contributed by atoms with Crippen molar-refractivity contribution < 1.29 is 19.0 Å². The van der Waals surface area contributed by atoms with E-state index in [1.54, 1.807) is 19.1 Å². The zero-order chi connectivity index (χ0) is 17.8. The van der Waals surface area contributed by atoms with Gasteiger partial charge < -0.3 is 14.7 Å². The molecule has 7 heteroatoms. The third-order valence-corrected chi connectivity index (χ3v) is 4.27. The van der Waals surface area contributed by atoms with Gasteiger partial charge in [-0.1, -0.05) is 0 Å². The highest BCUT2D eigenvalue weighted by atomic mass is 19.1. The Balaban J connectivity index is 1.75. The summed E-state index contributed by atoms with van der Waals surface area (Å²) in [7, 11) is 0. The molecule has 1 fully saturated rings. The molecule has 1 aliphatic heterocycles. The first kappa shape index (κ1) is 17.1. The summed E-state index contributed by atoms with van der Waals surface area (Å²) in [6.07, 6.45) is 2.70. The molecule has 0 aliphatic carbocycles. The van der Waals surface area contributed by atoms with Crippen molar-refractivity contribution in [2.75, 3.05) is 24.6 Å². The minimum atomic E-state index is -0.349.